The Morgan fingerprint density at radius 2 is 2.06 bits per heavy atom. The van der Waals surface area contributed by atoms with Gasteiger partial charge in [0, 0.05) is 35.9 Å². The molecule has 6 nitrogen and oxygen atoms in total. The molecule has 0 N–H and O–H groups in total. The van der Waals surface area contributed by atoms with Gasteiger partial charge in [0.25, 0.3) is 0 Å². The number of methoxy groups -OCH3 is 1. The van der Waals surface area contributed by atoms with E-state index in [1.807, 2.05) is 54.6 Å². The summed E-state index contributed by atoms with van der Waals surface area (Å²) in [6, 6.07) is 13.6. The van der Waals surface area contributed by atoms with Crippen LogP contribution < -0.4 is 4.74 Å². The van der Waals surface area contributed by atoms with Crippen LogP contribution in [0.25, 0.3) is 0 Å². The molecule has 6 heteroatoms. The largest absolute Gasteiger partial charge is 0.496 e. The highest BCUT2D eigenvalue weighted by Gasteiger charge is 2.30. The van der Waals surface area contributed by atoms with E-state index >= 15 is 0 Å². The molecule has 0 saturated carbocycles. The van der Waals surface area contributed by atoms with Crippen LogP contribution in [0, 0.1) is 0 Å². The van der Waals surface area contributed by atoms with Gasteiger partial charge in [-0.25, -0.2) is 4.99 Å². The summed E-state index contributed by atoms with van der Waals surface area (Å²) in [5, 5.41) is 0. The van der Waals surface area contributed by atoms with Gasteiger partial charge in [-0.05, 0) is 61.8 Å². The maximum absolute atomic E-state index is 13.0. The first-order valence-corrected chi connectivity index (χ1v) is 11.2. The fourth-order valence-electron chi connectivity index (χ4n) is 4.44. The van der Waals surface area contributed by atoms with Crippen LogP contribution in [0.1, 0.15) is 39.9 Å². The van der Waals surface area contributed by atoms with Gasteiger partial charge < -0.3 is 9.47 Å². The highest BCUT2D eigenvalue weighted by atomic mass is 16.5. The van der Waals surface area contributed by atoms with Crippen molar-refractivity contribution in [1.29, 1.82) is 0 Å². The maximum Gasteiger partial charge on any atom is 0.219 e. The summed E-state index contributed by atoms with van der Waals surface area (Å²) in [4.78, 5) is 24.4. The third kappa shape index (κ3) is 4.36. The van der Waals surface area contributed by atoms with Crippen molar-refractivity contribution >= 4 is 17.9 Å². The number of aliphatic imine (C=N–C) groups is 2. The first-order chi connectivity index (χ1) is 15.7. The Labute approximate surface area is 188 Å². The molecule has 1 saturated heterocycles. The van der Waals surface area contributed by atoms with Crippen molar-refractivity contribution in [1.82, 2.24) is 4.90 Å². The van der Waals surface area contributed by atoms with Crippen LogP contribution in [0.2, 0.25) is 0 Å². The van der Waals surface area contributed by atoms with E-state index in [1.54, 1.807) is 13.3 Å². The minimum Gasteiger partial charge on any atom is -0.496 e. The van der Waals surface area contributed by atoms with Gasteiger partial charge >= 0.3 is 0 Å². The molecule has 2 unspecified atom stereocenters. The highest BCUT2D eigenvalue weighted by molar-refractivity contribution is 5.99. The number of likely N-dealkylation sites (tertiary alicyclic amines) is 1. The number of hydrogen-bond acceptors (Lipinski definition) is 6. The van der Waals surface area contributed by atoms with Crippen LogP contribution in [0.3, 0.4) is 0 Å². The van der Waals surface area contributed by atoms with E-state index in [-0.39, 0.29) is 18.1 Å². The molecule has 164 valence electrons. The number of allylic oxidation sites excluding steroid dienone is 1. The predicted molar refractivity (Wildman–Crippen MR) is 125 cm³/mol. The molecule has 2 atom stereocenters. The topological polar surface area (TPSA) is 63.5 Å². The molecule has 2 aromatic rings. The molecule has 0 spiro atoms. The number of fused-ring (bicyclic) bond motifs is 1. The molecule has 0 radical (unpaired) electrons. The molecule has 0 bridgehead atoms. The van der Waals surface area contributed by atoms with E-state index in [0.717, 1.165) is 42.1 Å². The first-order valence-electron chi connectivity index (χ1n) is 11.2. The number of carbonyl (C=O) groups excluding carboxylic acids is 1. The van der Waals surface area contributed by atoms with Gasteiger partial charge in [-0.15, -0.1) is 0 Å². The summed E-state index contributed by atoms with van der Waals surface area (Å²) < 4.78 is 11.5. The number of ether oxygens (including phenoxy) is 2. The van der Waals surface area contributed by atoms with Gasteiger partial charge in [0.15, 0.2) is 18.1 Å². The number of rotatable bonds is 7. The zero-order chi connectivity index (χ0) is 21.9. The number of dihydropyridines is 1. The van der Waals surface area contributed by atoms with Gasteiger partial charge in [-0.2, -0.15) is 0 Å². The predicted octanol–water partition coefficient (Wildman–Crippen LogP) is 3.83. The minimum atomic E-state index is -0.216. The van der Waals surface area contributed by atoms with Crippen LogP contribution in [0.15, 0.2) is 64.6 Å². The number of ketones is 1. The Hall–Kier alpha value is -3.25. The number of benzene rings is 2. The average molecular weight is 430 g/mol. The minimum absolute atomic E-state index is 0.0589. The van der Waals surface area contributed by atoms with Crippen molar-refractivity contribution in [3.05, 3.63) is 76.9 Å². The zero-order valence-electron chi connectivity index (χ0n) is 18.2. The zero-order valence-corrected chi connectivity index (χ0v) is 18.2. The molecule has 5 rings (SSSR count). The summed E-state index contributed by atoms with van der Waals surface area (Å²) >= 11 is 0. The lowest BCUT2D eigenvalue weighted by Crippen LogP contribution is -2.20. The number of nitrogens with zero attached hydrogens (tertiary/aromatic N) is 3. The second-order valence-corrected chi connectivity index (χ2v) is 8.42. The number of carbonyl (C=O) groups is 1. The molecular weight excluding hydrogens is 402 g/mol. The second kappa shape index (κ2) is 9.09. The SMILES string of the molecule is COc1cc(C(=O)Cc2cccc(C3=NC4N=CC=CC4O3)c2)ccc1CN1CCCC1. The fourth-order valence-corrected chi connectivity index (χ4v) is 4.44. The molecule has 32 heavy (non-hydrogen) atoms. The standard InChI is InChI=1S/C26H27N3O3/c1-31-24-16-19(9-10-21(24)17-29-12-2-3-13-29)22(30)15-18-6-4-7-20(14-18)26-28-25-23(32-26)8-5-11-27-25/h4-11,14,16,23,25H,2-3,12-13,15,17H2,1H3. The van der Waals surface area contributed by atoms with Crippen LogP contribution in [-0.4, -0.2) is 55.3 Å². The van der Waals surface area contributed by atoms with E-state index in [0.29, 0.717) is 17.9 Å². The molecule has 2 aromatic carbocycles. The molecule has 3 aliphatic rings. The fraction of sp³-hybridized carbons (Fsp3) is 0.346. The molecule has 1 fully saturated rings. The molecule has 3 heterocycles. The van der Waals surface area contributed by atoms with E-state index < -0.39 is 0 Å². The lowest BCUT2D eigenvalue weighted by Gasteiger charge is -2.17. The lowest BCUT2D eigenvalue weighted by molar-refractivity contribution is 0.0992. The third-order valence-electron chi connectivity index (χ3n) is 6.16. The average Bonchev–Trinajstić information content (AvgIpc) is 3.49. The Kier molecular flexibility index (Phi) is 5.86. The van der Waals surface area contributed by atoms with E-state index in [1.165, 1.54) is 12.8 Å². The monoisotopic (exact) mass is 429 g/mol. The normalized spacial score (nSPS) is 21.8. The van der Waals surface area contributed by atoms with Gasteiger partial charge in [0.2, 0.25) is 5.90 Å². The van der Waals surface area contributed by atoms with Crippen LogP contribution >= 0.6 is 0 Å². The highest BCUT2D eigenvalue weighted by Crippen LogP contribution is 2.25. The molecule has 0 aliphatic carbocycles. The van der Waals surface area contributed by atoms with Crippen molar-refractivity contribution in [3.8, 4) is 5.75 Å². The van der Waals surface area contributed by atoms with Gasteiger partial charge in [-0.3, -0.25) is 14.7 Å². The molecular formula is C26H27N3O3. The van der Waals surface area contributed by atoms with E-state index in [2.05, 4.69) is 14.9 Å². The molecule has 3 aliphatic heterocycles. The van der Waals surface area contributed by atoms with Gasteiger partial charge in [-0.1, -0.05) is 24.3 Å². The quantitative estimate of drug-likeness (QED) is 0.628. The van der Waals surface area contributed by atoms with E-state index in [9.17, 15) is 4.79 Å². The van der Waals surface area contributed by atoms with Gasteiger partial charge in [0.05, 0.1) is 7.11 Å². The molecule has 0 aromatic heterocycles. The maximum atomic E-state index is 13.0. The second-order valence-electron chi connectivity index (χ2n) is 8.42. The summed E-state index contributed by atoms with van der Waals surface area (Å²) in [6.45, 7) is 3.11. The summed E-state index contributed by atoms with van der Waals surface area (Å²) in [5.74, 6) is 1.41. The lowest BCUT2D eigenvalue weighted by atomic mass is 9.99. The van der Waals surface area contributed by atoms with Crippen molar-refractivity contribution in [2.45, 2.75) is 38.1 Å². The van der Waals surface area contributed by atoms with Crippen LogP contribution in [-0.2, 0) is 17.7 Å². The number of hydrogen-bond donors (Lipinski definition) is 0. The van der Waals surface area contributed by atoms with Gasteiger partial charge in [0.1, 0.15) is 5.75 Å². The summed E-state index contributed by atoms with van der Waals surface area (Å²) in [6.07, 6.45) is 8.03. The van der Waals surface area contributed by atoms with Crippen molar-refractivity contribution in [3.63, 3.8) is 0 Å². The Morgan fingerprint density at radius 3 is 2.88 bits per heavy atom. The summed E-state index contributed by atoms with van der Waals surface area (Å²) in [5.41, 5.74) is 3.58. The molecule has 0 amide bonds. The third-order valence-corrected chi connectivity index (χ3v) is 6.16. The van der Waals surface area contributed by atoms with Crippen LogP contribution in [0.5, 0.6) is 5.75 Å². The van der Waals surface area contributed by atoms with Crippen molar-refractivity contribution in [2.75, 3.05) is 20.2 Å². The van der Waals surface area contributed by atoms with Crippen molar-refractivity contribution in [2.24, 2.45) is 9.98 Å². The van der Waals surface area contributed by atoms with E-state index in [4.69, 9.17) is 9.47 Å². The Bertz CT molecular complexity index is 1100. The first kappa shape index (κ1) is 20.6. The summed E-state index contributed by atoms with van der Waals surface area (Å²) in [7, 11) is 1.67. The van der Waals surface area contributed by atoms with Crippen molar-refractivity contribution < 1.29 is 14.3 Å². The number of Topliss-reactive ketones (excluding diaryl/α,β-unsaturated/α-hetero) is 1. The Morgan fingerprint density at radius 1 is 1.19 bits per heavy atom. The smallest absolute Gasteiger partial charge is 0.219 e. The van der Waals surface area contributed by atoms with Crippen LogP contribution in [0.4, 0.5) is 0 Å². The Balaban J connectivity index is 1.29.